The molecule has 170 valence electrons. The minimum Gasteiger partial charge on any atom is -0.469 e. The van der Waals surface area contributed by atoms with E-state index in [9.17, 15) is 4.79 Å². The standard InChI is InChI=1S/C26H28N4O2S/c1-4-23(21-12-10-18(2)11-13-21)27-24(31)17-33-26-29-28-25(22-14-15-32-19(22)3)30(26)16-20-8-6-5-7-9-20/h5-15,23H,4,16-17H2,1-3H3,(H,27,31). The summed E-state index contributed by atoms with van der Waals surface area (Å²) in [5.41, 5.74) is 4.36. The van der Waals surface area contributed by atoms with Crippen molar-refractivity contribution < 1.29 is 9.21 Å². The van der Waals surface area contributed by atoms with E-state index < -0.39 is 0 Å². The van der Waals surface area contributed by atoms with Crippen LogP contribution in [-0.2, 0) is 11.3 Å². The molecule has 4 aromatic rings. The molecule has 0 bridgehead atoms. The number of thioether (sulfide) groups is 1. The molecule has 7 heteroatoms. The van der Waals surface area contributed by atoms with E-state index in [1.165, 1.54) is 17.3 Å². The Bertz CT molecular complexity index is 1200. The Morgan fingerprint density at radius 3 is 2.48 bits per heavy atom. The molecule has 2 aromatic carbocycles. The van der Waals surface area contributed by atoms with Crippen LogP contribution in [0.3, 0.4) is 0 Å². The third-order valence-corrected chi connectivity index (χ3v) is 6.52. The molecule has 1 N–H and O–H groups in total. The zero-order valence-electron chi connectivity index (χ0n) is 19.1. The van der Waals surface area contributed by atoms with Crippen LogP contribution in [0.4, 0.5) is 0 Å². The first-order chi connectivity index (χ1) is 16.0. The van der Waals surface area contributed by atoms with Crippen LogP contribution in [0.5, 0.6) is 0 Å². The van der Waals surface area contributed by atoms with Crippen LogP contribution in [0.1, 0.15) is 41.8 Å². The van der Waals surface area contributed by atoms with Gasteiger partial charge >= 0.3 is 0 Å². The van der Waals surface area contributed by atoms with Crippen molar-refractivity contribution in [1.29, 1.82) is 0 Å². The Balaban J connectivity index is 1.50. The second kappa shape index (κ2) is 10.5. The third-order valence-electron chi connectivity index (χ3n) is 5.56. The molecule has 0 aliphatic heterocycles. The van der Waals surface area contributed by atoms with E-state index in [1.54, 1.807) is 6.26 Å². The summed E-state index contributed by atoms with van der Waals surface area (Å²) in [4.78, 5) is 12.8. The molecule has 33 heavy (non-hydrogen) atoms. The molecule has 0 aliphatic carbocycles. The predicted octanol–water partition coefficient (Wildman–Crippen LogP) is 5.56. The zero-order valence-corrected chi connectivity index (χ0v) is 19.9. The largest absolute Gasteiger partial charge is 0.469 e. The van der Waals surface area contributed by atoms with E-state index in [1.807, 2.05) is 35.8 Å². The van der Waals surface area contributed by atoms with Crippen molar-refractivity contribution in [2.24, 2.45) is 0 Å². The molecule has 4 rings (SSSR count). The first-order valence-electron chi connectivity index (χ1n) is 11.1. The van der Waals surface area contributed by atoms with Crippen LogP contribution >= 0.6 is 11.8 Å². The van der Waals surface area contributed by atoms with Gasteiger partial charge in [-0.15, -0.1) is 10.2 Å². The van der Waals surface area contributed by atoms with Gasteiger partial charge in [0.05, 0.1) is 30.2 Å². The molecule has 0 aliphatic rings. The van der Waals surface area contributed by atoms with Gasteiger partial charge in [-0.2, -0.15) is 0 Å². The van der Waals surface area contributed by atoms with E-state index in [4.69, 9.17) is 4.42 Å². The van der Waals surface area contributed by atoms with Crippen LogP contribution in [0, 0.1) is 13.8 Å². The summed E-state index contributed by atoms with van der Waals surface area (Å²) in [5.74, 6) is 1.76. The number of furan rings is 1. The summed E-state index contributed by atoms with van der Waals surface area (Å²) in [6, 6.07) is 20.3. The number of aryl methyl sites for hydroxylation is 2. The highest BCUT2D eigenvalue weighted by Crippen LogP contribution is 2.28. The lowest BCUT2D eigenvalue weighted by molar-refractivity contribution is -0.119. The van der Waals surface area contributed by atoms with Crippen molar-refractivity contribution in [2.45, 2.75) is 44.9 Å². The van der Waals surface area contributed by atoms with Crippen LogP contribution in [0.15, 0.2) is 76.5 Å². The van der Waals surface area contributed by atoms with E-state index in [0.717, 1.165) is 34.7 Å². The van der Waals surface area contributed by atoms with Gasteiger partial charge in [0.1, 0.15) is 5.76 Å². The first kappa shape index (κ1) is 22.9. The number of carbonyl (C=O) groups is 1. The number of rotatable bonds is 9. The average Bonchev–Trinajstić information content (AvgIpc) is 3.42. The van der Waals surface area contributed by atoms with Crippen LogP contribution in [0.25, 0.3) is 11.4 Å². The maximum absolute atomic E-state index is 12.8. The summed E-state index contributed by atoms with van der Waals surface area (Å²) in [7, 11) is 0. The molecular formula is C26H28N4O2S. The zero-order chi connectivity index (χ0) is 23.2. The molecule has 2 heterocycles. The van der Waals surface area contributed by atoms with Crippen LogP contribution in [0.2, 0.25) is 0 Å². The van der Waals surface area contributed by atoms with Gasteiger partial charge < -0.3 is 9.73 Å². The predicted molar refractivity (Wildman–Crippen MR) is 131 cm³/mol. The second-order valence-corrected chi connectivity index (χ2v) is 8.94. The fourth-order valence-corrected chi connectivity index (χ4v) is 4.46. The van der Waals surface area contributed by atoms with Crippen LogP contribution < -0.4 is 5.32 Å². The molecule has 0 saturated carbocycles. The maximum Gasteiger partial charge on any atom is 0.230 e. The van der Waals surface area contributed by atoms with Gasteiger partial charge in [-0.1, -0.05) is 78.8 Å². The van der Waals surface area contributed by atoms with E-state index in [0.29, 0.717) is 11.7 Å². The first-order valence-corrected chi connectivity index (χ1v) is 12.0. The molecule has 0 fully saturated rings. The highest BCUT2D eigenvalue weighted by atomic mass is 32.2. The SMILES string of the molecule is CCC(NC(=O)CSc1nnc(-c2ccoc2C)n1Cc1ccccc1)c1ccc(C)cc1. The molecule has 0 radical (unpaired) electrons. The Hall–Kier alpha value is -3.32. The summed E-state index contributed by atoms with van der Waals surface area (Å²) in [6.45, 7) is 6.66. The fraction of sp³-hybridized carbons (Fsp3) is 0.269. The monoisotopic (exact) mass is 460 g/mol. The van der Waals surface area contributed by atoms with Gasteiger partial charge in [0, 0.05) is 0 Å². The Morgan fingerprint density at radius 1 is 1.06 bits per heavy atom. The highest BCUT2D eigenvalue weighted by Gasteiger charge is 2.19. The van der Waals surface area contributed by atoms with Crippen molar-refractivity contribution in [3.63, 3.8) is 0 Å². The molecule has 2 aromatic heterocycles. The Kier molecular flexibility index (Phi) is 7.29. The second-order valence-electron chi connectivity index (χ2n) is 8.00. The van der Waals surface area contributed by atoms with Gasteiger partial charge in [-0.25, -0.2) is 0 Å². The molecule has 1 unspecified atom stereocenters. The molecule has 0 spiro atoms. The Morgan fingerprint density at radius 2 is 1.82 bits per heavy atom. The van der Waals surface area contributed by atoms with Crippen molar-refractivity contribution in [3.05, 3.63) is 89.4 Å². The molecule has 1 amide bonds. The number of aromatic nitrogens is 3. The lowest BCUT2D eigenvalue weighted by Crippen LogP contribution is -2.29. The van der Waals surface area contributed by atoms with Gasteiger partial charge in [0.15, 0.2) is 11.0 Å². The number of hydrogen-bond acceptors (Lipinski definition) is 5. The van der Waals surface area contributed by atoms with Crippen molar-refractivity contribution in [2.75, 3.05) is 5.75 Å². The lowest BCUT2D eigenvalue weighted by Gasteiger charge is -2.17. The quantitative estimate of drug-likeness (QED) is 0.331. The highest BCUT2D eigenvalue weighted by molar-refractivity contribution is 7.99. The summed E-state index contributed by atoms with van der Waals surface area (Å²) >= 11 is 1.40. The molecule has 0 saturated heterocycles. The van der Waals surface area contributed by atoms with E-state index in [2.05, 4.69) is 65.8 Å². The van der Waals surface area contributed by atoms with Gasteiger partial charge in [0.25, 0.3) is 0 Å². The van der Waals surface area contributed by atoms with E-state index in [-0.39, 0.29) is 17.7 Å². The van der Waals surface area contributed by atoms with Gasteiger partial charge in [0.2, 0.25) is 5.91 Å². The number of nitrogens with one attached hydrogen (secondary N) is 1. The lowest BCUT2D eigenvalue weighted by atomic mass is 10.0. The summed E-state index contributed by atoms with van der Waals surface area (Å²) in [6.07, 6.45) is 2.48. The number of benzene rings is 2. The normalized spacial score (nSPS) is 12.0. The van der Waals surface area contributed by atoms with Crippen LogP contribution in [-0.4, -0.2) is 26.4 Å². The van der Waals surface area contributed by atoms with Gasteiger partial charge in [-0.3, -0.25) is 9.36 Å². The number of carbonyl (C=O) groups excluding carboxylic acids is 1. The minimum absolute atomic E-state index is 0.00923. The number of nitrogens with zero attached hydrogens (tertiary/aromatic N) is 3. The average molecular weight is 461 g/mol. The maximum atomic E-state index is 12.8. The number of hydrogen-bond donors (Lipinski definition) is 1. The summed E-state index contributed by atoms with van der Waals surface area (Å²) < 4.78 is 7.53. The Labute approximate surface area is 198 Å². The topological polar surface area (TPSA) is 73.0 Å². The minimum atomic E-state index is -0.0253. The third kappa shape index (κ3) is 5.54. The van der Waals surface area contributed by atoms with Crippen molar-refractivity contribution >= 4 is 17.7 Å². The van der Waals surface area contributed by atoms with E-state index >= 15 is 0 Å². The smallest absolute Gasteiger partial charge is 0.230 e. The molecule has 1 atom stereocenters. The van der Waals surface area contributed by atoms with Gasteiger partial charge in [-0.05, 0) is 37.5 Å². The summed E-state index contributed by atoms with van der Waals surface area (Å²) in [5, 5.41) is 12.7. The van der Waals surface area contributed by atoms with Crippen molar-refractivity contribution in [1.82, 2.24) is 20.1 Å². The fourth-order valence-electron chi connectivity index (χ4n) is 3.71. The molecule has 6 nitrogen and oxygen atoms in total. The molecular weight excluding hydrogens is 432 g/mol. The van der Waals surface area contributed by atoms with Crippen molar-refractivity contribution in [3.8, 4) is 11.4 Å². The number of amides is 1.